The van der Waals surface area contributed by atoms with E-state index < -0.39 is 0 Å². The Balaban J connectivity index is 2.06. The molecule has 5 heteroatoms. The Hall–Kier alpha value is -1.55. The van der Waals surface area contributed by atoms with E-state index in [2.05, 4.69) is 9.97 Å². The second-order valence-electron chi connectivity index (χ2n) is 3.87. The summed E-state index contributed by atoms with van der Waals surface area (Å²) in [7, 11) is 1.95. The molecule has 2 heterocycles. The average molecular weight is 252 g/mol. The van der Waals surface area contributed by atoms with Gasteiger partial charge in [-0.15, -0.1) is 11.6 Å². The molecule has 2 aromatic rings. The van der Waals surface area contributed by atoms with Crippen LogP contribution in [0.1, 0.15) is 17.2 Å². The van der Waals surface area contributed by atoms with Gasteiger partial charge in [-0.2, -0.15) is 0 Å². The van der Waals surface area contributed by atoms with E-state index in [0.717, 1.165) is 23.0 Å². The molecule has 0 radical (unpaired) electrons. The maximum Gasteiger partial charge on any atom is 0.147 e. The van der Waals surface area contributed by atoms with Gasteiger partial charge in [-0.1, -0.05) is 0 Å². The fourth-order valence-corrected chi connectivity index (χ4v) is 1.64. The van der Waals surface area contributed by atoms with Crippen LogP contribution in [0.2, 0.25) is 0 Å². The van der Waals surface area contributed by atoms with Gasteiger partial charge in [0.25, 0.3) is 0 Å². The molecule has 0 saturated carbocycles. The molecule has 0 aliphatic heterocycles. The highest BCUT2D eigenvalue weighted by atomic mass is 35.5. The Morgan fingerprint density at radius 2 is 2.12 bits per heavy atom. The predicted octanol–water partition coefficient (Wildman–Crippen LogP) is 2.75. The van der Waals surface area contributed by atoms with Gasteiger partial charge in [0.1, 0.15) is 17.3 Å². The van der Waals surface area contributed by atoms with Crippen LogP contribution in [0.15, 0.2) is 28.9 Å². The summed E-state index contributed by atoms with van der Waals surface area (Å²) in [6.45, 7) is 2.60. The van der Waals surface area contributed by atoms with Crippen LogP contribution in [0.25, 0.3) is 0 Å². The molecule has 0 bridgehead atoms. The summed E-state index contributed by atoms with van der Waals surface area (Å²) in [6, 6.07) is 3.91. The molecule has 0 aliphatic rings. The molecule has 0 amide bonds. The summed E-state index contributed by atoms with van der Waals surface area (Å²) in [6.07, 6.45) is 3.40. The molecule has 0 aliphatic carbocycles. The predicted molar refractivity (Wildman–Crippen MR) is 67.1 cm³/mol. The fourth-order valence-electron chi connectivity index (χ4n) is 1.50. The van der Waals surface area contributed by atoms with Gasteiger partial charge >= 0.3 is 0 Å². The van der Waals surface area contributed by atoms with Crippen molar-refractivity contribution < 1.29 is 4.42 Å². The van der Waals surface area contributed by atoms with Gasteiger partial charge in [0, 0.05) is 7.05 Å². The Morgan fingerprint density at radius 3 is 2.65 bits per heavy atom. The van der Waals surface area contributed by atoms with Crippen molar-refractivity contribution >= 4 is 17.4 Å². The van der Waals surface area contributed by atoms with Crippen molar-refractivity contribution in [2.24, 2.45) is 0 Å². The smallest absolute Gasteiger partial charge is 0.147 e. The molecule has 0 fully saturated rings. The Kier molecular flexibility index (Phi) is 3.64. The Bertz CT molecular complexity index is 481. The molecule has 2 rings (SSSR count). The molecule has 0 unspecified atom stereocenters. The van der Waals surface area contributed by atoms with Crippen LogP contribution in [0.5, 0.6) is 0 Å². The minimum absolute atomic E-state index is 0.383. The lowest BCUT2D eigenvalue weighted by molar-refractivity contribution is 0.481. The molecule has 0 aromatic carbocycles. The number of nitrogens with zero attached hydrogens (tertiary/aromatic N) is 3. The van der Waals surface area contributed by atoms with Crippen molar-refractivity contribution in [3.8, 4) is 0 Å². The minimum Gasteiger partial charge on any atom is -0.464 e. The molecule has 0 saturated heterocycles. The van der Waals surface area contributed by atoms with Gasteiger partial charge in [0.05, 0.1) is 30.5 Å². The first-order valence-corrected chi connectivity index (χ1v) is 5.86. The normalized spacial score (nSPS) is 10.5. The fraction of sp³-hybridized carbons (Fsp3) is 0.333. The minimum atomic E-state index is 0.383. The zero-order chi connectivity index (χ0) is 12.3. The number of rotatable bonds is 4. The molecular formula is C12H14ClN3O. The zero-order valence-electron chi connectivity index (χ0n) is 9.85. The van der Waals surface area contributed by atoms with E-state index >= 15 is 0 Å². The van der Waals surface area contributed by atoms with E-state index in [0.29, 0.717) is 12.4 Å². The third-order valence-corrected chi connectivity index (χ3v) is 2.68. The van der Waals surface area contributed by atoms with Crippen molar-refractivity contribution in [3.05, 3.63) is 41.7 Å². The quantitative estimate of drug-likeness (QED) is 0.784. The van der Waals surface area contributed by atoms with Crippen molar-refractivity contribution in [2.45, 2.75) is 19.3 Å². The van der Waals surface area contributed by atoms with Crippen molar-refractivity contribution in [2.75, 3.05) is 11.9 Å². The lowest BCUT2D eigenvalue weighted by Gasteiger charge is -2.16. The molecule has 0 spiro atoms. The molecule has 17 heavy (non-hydrogen) atoms. The Labute approximate surface area is 105 Å². The lowest BCUT2D eigenvalue weighted by Crippen LogP contribution is -2.17. The first-order valence-electron chi connectivity index (χ1n) is 5.32. The summed E-state index contributed by atoms with van der Waals surface area (Å²) in [5.41, 5.74) is 0.776. The van der Waals surface area contributed by atoms with E-state index in [1.807, 2.05) is 31.0 Å². The molecular weight excluding hydrogens is 238 g/mol. The van der Waals surface area contributed by atoms with Crippen LogP contribution >= 0.6 is 11.6 Å². The van der Waals surface area contributed by atoms with Gasteiger partial charge in [0.15, 0.2) is 0 Å². The highest BCUT2D eigenvalue weighted by Gasteiger charge is 2.06. The van der Waals surface area contributed by atoms with Gasteiger partial charge in [-0.25, -0.2) is 4.98 Å². The summed E-state index contributed by atoms with van der Waals surface area (Å²) in [5, 5.41) is 0. The van der Waals surface area contributed by atoms with E-state index in [9.17, 15) is 0 Å². The Morgan fingerprint density at radius 1 is 1.29 bits per heavy atom. The van der Waals surface area contributed by atoms with E-state index in [1.165, 1.54) is 0 Å². The number of aromatic nitrogens is 2. The van der Waals surface area contributed by atoms with E-state index in [4.69, 9.17) is 16.0 Å². The molecule has 0 N–H and O–H groups in total. The van der Waals surface area contributed by atoms with Crippen LogP contribution in [0, 0.1) is 6.92 Å². The number of anilines is 1. The van der Waals surface area contributed by atoms with Crippen LogP contribution < -0.4 is 4.90 Å². The number of hydrogen-bond donors (Lipinski definition) is 0. The van der Waals surface area contributed by atoms with Crippen LogP contribution in [-0.2, 0) is 12.4 Å². The summed E-state index contributed by atoms with van der Waals surface area (Å²) in [5.74, 6) is 3.01. The van der Waals surface area contributed by atoms with Crippen LogP contribution in [0.3, 0.4) is 0 Å². The van der Waals surface area contributed by atoms with Crippen molar-refractivity contribution in [1.82, 2.24) is 9.97 Å². The standard InChI is InChI=1S/C12H14ClN3O/c1-9-3-4-11(17-9)8-16(2)12-7-14-10(5-13)6-15-12/h3-4,6-7H,5,8H2,1-2H3. The number of alkyl halides is 1. The maximum absolute atomic E-state index is 5.66. The topological polar surface area (TPSA) is 42.2 Å². The number of aryl methyl sites for hydroxylation is 1. The largest absolute Gasteiger partial charge is 0.464 e. The average Bonchev–Trinajstić information content (AvgIpc) is 2.75. The highest BCUT2D eigenvalue weighted by Crippen LogP contribution is 2.14. The number of furan rings is 1. The van der Waals surface area contributed by atoms with Crippen LogP contribution in [-0.4, -0.2) is 17.0 Å². The monoisotopic (exact) mass is 251 g/mol. The first kappa shape index (κ1) is 11.9. The van der Waals surface area contributed by atoms with Gasteiger partial charge < -0.3 is 9.32 Å². The highest BCUT2D eigenvalue weighted by molar-refractivity contribution is 6.16. The lowest BCUT2D eigenvalue weighted by atomic mass is 10.4. The van der Waals surface area contributed by atoms with Crippen LogP contribution in [0.4, 0.5) is 5.82 Å². The van der Waals surface area contributed by atoms with Gasteiger partial charge in [-0.3, -0.25) is 4.98 Å². The van der Waals surface area contributed by atoms with E-state index in [-0.39, 0.29) is 0 Å². The molecule has 2 aromatic heterocycles. The molecule has 90 valence electrons. The summed E-state index contributed by atoms with van der Waals surface area (Å²) in [4.78, 5) is 10.5. The maximum atomic E-state index is 5.66. The summed E-state index contributed by atoms with van der Waals surface area (Å²) >= 11 is 5.66. The summed E-state index contributed by atoms with van der Waals surface area (Å²) < 4.78 is 5.51. The first-order chi connectivity index (χ1) is 8.19. The van der Waals surface area contributed by atoms with Gasteiger partial charge in [-0.05, 0) is 19.1 Å². The molecule has 0 atom stereocenters. The van der Waals surface area contributed by atoms with Crippen molar-refractivity contribution in [1.29, 1.82) is 0 Å². The second kappa shape index (κ2) is 5.19. The zero-order valence-corrected chi connectivity index (χ0v) is 10.6. The third-order valence-electron chi connectivity index (χ3n) is 2.41. The number of hydrogen-bond acceptors (Lipinski definition) is 4. The number of halogens is 1. The second-order valence-corrected chi connectivity index (χ2v) is 4.14. The third kappa shape index (κ3) is 2.97. The van der Waals surface area contributed by atoms with Crippen molar-refractivity contribution in [3.63, 3.8) is 0 Å². The van der Waals surface area contributed by atoms with Gasteiger partial charge in [0.2, 0.25) is 0 Å². The molecule has 4 nitrogen and oxygen atoms in total. The van der Waals surface area contributed by atoms with E-state index in [1.54, 1.807) is 12.4 Å². The SMILES string of the molecule is Cc1ccc(CN(C)c2cnc(CCl)cn2)o1.